The minimum Gasteiger partial charge on any atom is -0.491 e. The molecule has 0 saturated heterocycles. The summed E-state index contributed by atoms with van der Waals surface area (Å²) in [4.78, 5) is 45.1. The molecule has 14 heteroatoms. The first-order chi connectivity index (χ1) is 19.7. The molecule has 0 atom stereocenters. The van der Waals surface area contributed by atoms with Crippen molar-refractivity contribution in [3.63, 3.8) is 0 Å². The number of hydrogen-bond acceptors (Lipinski definition) is 11. The quantitative estimate of drug-likeness (QED) is 0.175. The van der Waals surface area contributed by atoms with Gasteiger partial charge in [0.25, 0.3) is 0 Å². The Morgan fingerprint density at radius 3 is 1.66 bits per heavy atom. The summed E-state index contributed by atoms with van der Waals surface area (Å²) in [5.74, 6) is -2.47. The molecule has 0 spiro atoms. The number of rotatable bonds is 19. The van der Waals surface area contributed by atoms with Crippen LogP contribution in [0.1, 0.15) is 0 Å². The molecule has 0 fully saturated rings. The van der Waals surface area contributed by atoms with E-state index in [1.54, 1.807) is 24.3 Å². The Morgan fingerprint density at radius 1 is 0.659 bits per heavy atom. The van der Waals surface area contributed by atoms with Crippen molar-refractivity contribution in [1.29, 1.82) is 0 Å². The average Bonchev–Trinajstić information content (AvgIpc) is 2.93. The molecular weight excluding hydrogens is 548 g/mol. The predicted octanol–water partition coefficient (Wildman–Crippen LogP) is 1.90. The first-order valence-corrected chi connectivity index (χ1v) is 12.2. The molecule has 1 heterocycles. The lowest BCUT2D eigenvalue weighted by molar-refractivity contribution is -0.143. The number of carbonyl (C=O) groups is 3. The van der Waals surface area contributed by atoms with E-state index in [1.165, 1.54) is 18.4 Å². The third kappa shape index (κ3) is 10.1. The van der Waals surface area contributed by atoms with E-state index in [-0.39, 0.29) is 73.1 Å². The number of ether oxygens (including phenoxy) is 6. The topological polar surface area (TPSA) is 197 Å². The van der Waals surface area contributed by atoms with E-state index < -0.39 is 37.7 Å². The average molecular weight is 577 g/mol. The lowest BCUT2D eigenvalue weighted by Crippen LogP contribution is -2.15. The van der Waals surface area contributed by atoms with Gasteiger partial charge in [0.15, 0.2) is 11.5 Å². The third-order valence-electron chi connectivity index (χ3n) is 5.15. The molecule has 0 radical (unpaired) electrons. The van der Waals surface area contributed by atoms with Crippen molar-refractivity contribution in [2.45, 2.75) is 0 Å². The molecule has 14 nitrogen and oxygen atoms in total. The van der Waals surface area contributed by atoms with Gasteiger partial charge in [0.05, 0.1) is 30.8 Å². The smallest absolute Gasteiger partial charge is 0.329 e. The monoisotopic (exact) mass is 576 g/mol. The molecule has 0 saturated carbocycles. The summed E-state index contributed by atoms with van der Waals surface area (Å²) in [6, 6.07) is 9.50. The van der Waals surface area contributed by atoms with Crippen molar-refractivity contribution in [3.05, 3.63) is 52.9 Å². The Balaban J connectivity index is 1.76. The minimum absolute atomic E-state index is 0.0208. The Kier molecular flexibility index (Phi) is 11.9. The standard InChI is InChI=1S/C27H28O14/c28-24(29)14-35-5-8-38-18-3-1-17(2-4-18)20-13-41-21-12-23(40-10-7-37-16-26(32)33)22(11-19(21)27(20)34)39-9-6-36-15-25(30)31/h1-4,11-13H,5-10,14-16H2,(H,28,29)(H,30,31)(H,32,33). The molecule has 0 bridgehead atoms. The summed E-state index contributed by atoms with van der Waals surface area (Å²) >= 11 is 0. The van der Waals surface area contributed by atoms with Crippen molar-refractivity contribution >= 4 is 28.9 Å². The second-order valence-electron chi connectivity index (χ2n) is 8.18. The SMILES string of the molecule is O=C(O)COCCOc1ccc(-c2coc3cc(OCCOCC(=O)O)c(OCCOCC(=O)O)cc3c2=O)cc1. The fourth-order valence-electron chi connectivity index (χ4n) is 3.41. The zero-order valence-corrected chi connectivity index (χ0v) is 21.7. The van der Waals surface area contributed by atoms with Crippen LogP contribution in [0.3, 0.4) is 0 Å². The molecule has 3 rings (SSSR count). The van der Waals surface area contributed by atoms with Crippen molar-refractivity contribution in [2.24, 2.45) is 0 Å². The number of carboxylic acid groups (broad SMARTS) is 3. The summed E-state index contributed by atoms with van der Waals surface area (Å²) in [6.07, 6.45) is 1.31. The van der Waals surface area contributed by atoms with E-state index >= 15 is 0 Å². The molecule has 220 valence electrons. The van der Waals surface area contributed by atoms with Crippen LogP contribution in [0.25, 0.3) is 22.1 Å². The minimum atomic E-state index is -1.13. The van der Waals surface area contributed by atoms with Gasteiger partial charge in [0.1, 0.15) is 57.2 Å². The van der Waals surface area contributed by atoms with Crippen molar-refractivity contribution in [1.82, 2.24) is 0 Å². The van der Waals surface area contributed by atoms with Crippen molar-refractivity contribution in [3.8, 4) is 28.4 Å². The zero-order valence-electron chi connectivity index (χ0n) is 21.7. The van der Waals surface area contributed by atoms with Crippen LogP contribution in [0.2, 0.25) is 0 Å². The van der Waals surface area contributed by atoms with Gasteiger partial charge in [-0.25, -0.2) is 14.4 Å². The van der Waals surface area contributed by atoms with E-state index in [4.69, 9.17) is 48.2 Å². The number of benzene rings is 2. The van der Waals surface area contributed by atoms with Gasteiger partial charge in [-0.15, -0.1) is 0 Å². The second kappa shape index (κ2) is 15.8. The second-order valence-corrected chi connectivity index (χ2v) is 8.18. The van der Waals surface area contributed by atoms with E-state index in [1.807, 2.05) is 0 Å². The van der Waals surface area contributed by atoms with Gasteiger partial charge >= 0.3 is 17.9 Å². The number of hydrogen-bond donors (Lipinski definition) is 3. The maximum atomic E-state index is 13.4. The first-order valence-electron chi connectivity index (χ1n) is 12.2. The van der Waals surface area contributed by atoms with E-state index in [9.17, 15) is 19.2 Å². The number of aliphatic carboxylic acids is 3. The van der Waals surface area contributed by atoms with E-state index in [2.05, 4.69) is 0 Å². The summed E-state index contributed by atoms with van der Waals surface area (Å²) < 4.78 is 37.4. The molecular formula is C27H28O14. The third-order valence-corrected chi connectivity index (χ3v) is 5.15. The lowest BCUT2D eigenvalue weighted by Gasteiger charge is -2.14. The van der Waals surface area contributed by atoms with Gasteiger partial charge in [0.2, 0.25) is 5.43 Å². The summed E-state index contributed by atoms with van der Waals surface area (Å²) in [5.41, 5.74) is 0.664. The molecule has 0 unspecified atom stereocenters. The van der Waals surface area contributed by atoms with Crippen molar-refractivity contribution in [2.75, 3.05) is 59.5 Å². The van der Waals surface area contributed by atoms with Gasteiger partial charge in [-0.2, -0.15) is 0 Å². The maximum absolute atomic E-state index is 13.4. The Morgan fingerprint density at radius 2 is 1.15 bits per heavy atom. The van der Waals surface area contributed by atoms with Gasteiger partial charge in [-0.1, -0.05) is 12.1 Å². The number of fused-ring (bicyclic) bond motifs is 1. The van der Waals surface area contributed by atoms with Gasteiger partial charge in [-0.3, -0.25) is 4.79 Å². The zero-order chi connectivity index (χ0) is 29.6. The molecule has 2 aromatic carbocycles. The molecule has 3 N–H and O–H groups in total. The van der Waals surface area contributed by atoms with Gasteiger partial charge < -0.3 is 48.2 Å². The molecule has 0 aliphatic carbocycles. The highest BCUT2D eigenvalue weighted by Gasteiger charge is 2.15. The van der Waals surface area contributed by atoms with E-state index in [0.29, 0.717) is 11.3 Å². The molecule has 1 aromatic heterocycles. The van der Waals surface area contributed by atoms with Crippen LogP contribution in [0, 0.1) is 0 Å². The highest BCUT2D eigenvalue weighted by molar-refractivity contribution is 5.84. The fourth-order valence-corrected chi connectivity index (χ4v) is 3.41. The van der Waals surface area contributed by atoms with Crippen molar-refractivity contribution < 1.29 is 62.5 Å². The Hall–Kier alpha value is -4.66. The summed E-state index contributed by atoms with van der Waals surface area (Å²) in [6.45, 7) is -1.29. The highest BCUT2D eigenvalue weighted by atomic mass is 16.6. The predicted molar refractivity (Wildman–Crippen MR) is 140 cm³/mol. The summed E-state index contributed by atoms with van der Waals surface area (Å²) in [5, 5.41) is 26.1. The molecule has 0 aliphatic rings. The maximum Gasteiger partial charge on any atom is 0.329 e. The van der Waals surface area contributed by atoms with Crippen LogP contribution < -0.4 is 19.6 Å². The van der Waals surface area contributed by atoms with Crippen LogP contribution in [0.15, 0.2) is 51.9 Å². The van der Waals surface area contributed by atoms with Crippen LogP contribution >= 0.6 is 0 Å². The molecule has 3 aromatic rings. The van der Waals surface area contributed by atoms with Gasteiger partial charge in [0, 0.05) is 6.07 Å². The highest BCUT2D eigenvalue weighted by Crippen LogP contribution is 2.33. The first kappa shape index (κ1) is 30.9. The molecule has 41 heavy (non-hydrogen) atoms. The number of carboxylic acids is 3. The van der Waals surface area contributed by atoms with Crippen LogP contribution in [-0.4, -0.2) is 92.7 Å². The fraction of sp³-hybridized carbons (Fsp3) is 0.333. The van der Waals surface area contributed by atoms with Crippen LogP contribution in [0.5, 0.6) is 17.2 Å². The normalized spacial score (nSPS) is 10.8. The molecule has 0 amide bonds. The largest absolute Gasteiger partial charge is 0.491 e. The Bertz CT molecular complexity index is 1380. The summed E-state index contributed by atoms with van der Waals surface area (Å²) in [7, 11) is 0. The molecule has 0 aliphatic heterocycles. The van der Waals surface area contributed by atoms with Gasteiger partial charge in [-0.05, 0) is 23.8 Å². The van der Waals surface area contributed by atoms with E-state index in [0.717, 1.165) is 0 Å². The van der Waals surface area contributed by atoms with Crippen LogP contribution in [0.4, 0.5) is 0 Å². The van der Waals surface area contributed by atoms with Crippen LogP contribution in [-0.2, 0) is 28.6 Å². The lowest BCUT2D eigenvalue weighted by atomic mass is 10.1. The Labute approximate surface area is 232 Å².